The summed E-state index contributed by atoms with van der Waals surface area (Å²) in [4.78, 5) is 0. The summed E-state index contributed by atoms with van der Waals surface area (Å²) in [5.41, 5.74) is 0. The van der Waals surface area contributed by atoms with E-state index in [0.29, 0.717) is 0 Å². The van der Waals surface area contributed by atoms with Crippen LogP contribution in [0.4, 0.5) is 0 Å². The maximum absolute atomic E-state index is 0. The molecule has 0 rings (SSSR count). The first-order chi connectivity index (χ1) is 0. The molecule has 0 aromatic carbocycles. The molecular weight excluding hydrogens is 333 g/mol. The van der Waals surface area contributed by atoms with E-state index in [2.05, 4.69) is 0 Å². The molecule has 0 nitrogen and oxygen atoms in total. The molecule has 0 fully saturated rings. The van der Waals surface area contributed by atoms with Crippen molar-refractivity contribution in [3.63, 3.8) is 0 Å². The van der Waals surface area contributed by atoms with Gasteiger partial charge >= 0.3 is 48.9 Å². The van der Waals surface area contributed by atoms with E-state index in [1.807, 2.05) is 0 Å². The molecule has 0 amide bonds. The van der Waals surface area contributed by atoms with Gasteiger partial charge in [-0.2, -0.15) is 0 Å². The van der Waals surface area contributed by atoms with Gasteiger partial charge < -0.3 is 2.85 Å². The van der Waals surface area contributed by atoms with Gasteiger partial charge in [-0.1, -0.05) is 0 Å². The van der Waals surface area contributed by atoms with E-state index in [0.717, 1.165) is 0 Å². The summed E-state index contributed by atoms with van der Waals surface area (Å²) in [5, 5.41) is 0. The van der Waals surface area contributed by atoms with Crippen LogP contribution in [0.25, 0.3) is 0 Å². The van der Waals surface area contributed by atoms with Crippen LogP contribution in [0.15, 0.2) is 0 Å². The Morgan fingerprint density at radius 3 is 1.25 bits per heavy atom. The molecule has 0 aromatic heterocycles. The normalized spacial score (nSPS) is 0. The molecule has 4 heteroatoms. The molecule has 0 aliphatic heterocycles. The minimum Gasteiger partial charge on any atom is -1.00 e. The molecule has 0 aliphatic carbocycles. The van der Waals surface area contributed by atoms with Crippen molar-refractivity contribution in [2.75, 3.05) is 0 Å². The van der Waals surface area contributed by atoms with Crippen LogP contribution in [0.3, 0.4) is 0 Å². The van der Waals surface area contributed by atoms with Gasteiger partial charge in [-0.3, -0.25) is 0 Å². The second-order valence-electron chi connectivity index (χ2n) is 0. The van der Waals surface area contributed by atoms with Gasteiger partial charge in [0, 0.05) is 61.2 Å². The Labute approximate surface area is 110 Å². The molecule has 0 atom stereocenters. The third-order valence-electron chi connectivity index (χ3n) is 0. The van der Waals surface area contributed by atoms with E-state index in [-0.39, 0.29) is 113 Å². The van der Waals surface area contributed by atoms with Crippen molar-refractivity contribution in [3.05, 3.63) is 0 Å². The monoisotopic (exact) mass is 336 g/mol. The Hall–Kier alpha value is 3.55. The molecule has 0 saturated heterocycles. The first-order valence-corrected chi connectivity index (χ1v) is 0. The van der Waals surface area contributed by atoms with Crippen LogP contribution in [0.5, 0.6) is 0 Å². The average Bonchev–Trinajstić information content (AvgIpc) is 0. The van der Waals surface area contributed by atoms with Crippen molar-refractivity contribution in [1.29, 1.82) is 0 Å². The number of rotatable bonds is 0. The molecule has 4 heavy (non-hydrogen) atoms. The zero-order valence-corrected chi connectivity index (χ0v) is 11.4. The topological polar surface area (TPSA) is 0 Å². The molecule has 0 N–H and O–H groups in total. The molecule has 0 saturated carbocycles. The largest absolute Gasteiger partial charge is 2.00 e. The maximum Gasteiger partial charge on any atom is 2.00 e. The Balaban J connectivity index is 0. The minimum absolute atomic E-state index is 0. The Morgan fingerprint density at radius 2 is 1.25 bits per heavy atom. The Kier molecular flexibility index (Phi) is 103. The van der Waals surface area contributed by atoms with Crippen molar-refractivity contribution in [1.82, 2.24) is 0 Å². The molecule has 20 valence electrons. The van der Waals surface area contributed by atoms with Crippen LogP contribution >= 0.6 is 0 Å². The summed E-state index contributed by atoms with van der Waals surface area (Å²) in [6.45, 7) is 0. The number of hydrogen-bond acceptors (Lipinski definition) is 0. The van der Waals surface area contributed by atoms with Crippen molar-refractivity contribution in [2.45, 2.75) is 0 Å². The zero-order valence-electron chi connectivity index (χ0n) is 4.03. The molecule has 0 aromatic rings. The fraction of sp³-hybridized carbons (Fsp3) is 0. The van der Waals surface area contributed by atoms with Crippen LogP contribution in [0.2, 0.25) is 0 Å². The van der Waals surface area contributed by atoms with E-state index < -0.39 is 0 Å². The van der Waals surface area contributed by atoms with Gasteiger partial charge in [0.05, 0.1) is 0 Å². The zero-order chi connectivity index (χ0) is 0. The molecule has 2 radical (unpaired) electrons. The molecule has 0 heterocycles. The fourth-order valence-corrected chi connectivity index (χ4v) is 0. The summed E-state index contributed by atoms with van der Waals surface area (Å²) in [5.74, 6) is 0. The summed E-state index contributed by atoms with van der Waals surface area (Å²) in [6, 6.07) is 0. The minimum atomic E-state index is 0. The van der Waals surface area contributed by atoms with Gasteiger partial charge in [-0.05, 0) is 0 Å². The summed E-state index contributed by atoms with van der Waals surface area (Å²) < 4.78 is 0. The van der Waals surface area contributed by atoms with E-state index in [1.54, 1.807) is 0 Å². The number of hydrogen-bond donors (Lipinski definition) is 0. The van der Waals surface area contributed by atoms with Crippen LogP contribution in [-0.4, -0.2) is 48.9 Å². The molecule has 0 aliphatic rings. The van der Waals surface area contributed by atoms with E-state index in [4.69, 9.17) is 0 Å². The molecule has 0 bridgehead atoms. The fourth-order valence-electron chi connectivity index (χ4n) is 0. The first kappa shape index (κ1) is 25.7. The van der Waals surface area contributed by atoms with Crippen molar-refractivity contribution in [3.8, 4) is 0 Å². The van der Waals surface area contributed by atoms with Crippen LogP contribution < -0.4 is 0 Å². The summed E-state index contributed by atoms with van der Waals surface area (Å²) >= 11 is 0. The van der Waals surface area contributed by atoms with Gasteiger partial charge in [0.15, 0.2) is 0 Å². The second kappa shape index (κ2) is 16.0. The predicted molar refractivity (Wildman–Crippen MR) is 7.98 cm³/mol. The third-order valence-corrected chi connectivity index (χ3v) is 0. The molecule has 0 unspecified atom stereocenters. The van der Waals surface area contributed by atoms with Crippen LogP contribution in [-0.2, 0) is 61.2 Å². The maximum atomic E-state index is 0. The molecule has 0 spiro atoms. The average molecular weight is 335 g/mol. The van der Waals surface area contributed by atoms with Gasteiger partial charge in [-0.25, -0.2) is 0 Å². The first-order valence-electron chi connectivity index (χ1n) is 0. The Morgan fingerprint density at radius 1 is 1.25 bits per heavy atom. The van der Waals surface area contributed by atoms with Crippen molar-refractivity contribution < 1.29 is 64.0 Å². The van der Waals surface area contributed by atoms with Gasteiger partial charge in [0.25, 0.3) is 0 Å². The van der Waals surface area contributed by atoms with Crippen molar-refractivity contribution in [2.24, 2.45) is 0 Å². The smallest absolute Gasteiger partial charge is 1.00 e. The van der Waals surface area contributed by atoms with Gasteiger partial charge in [0.1, 0.15) is 0 Å². The Bertz CT molecular complexity index is 13.5. The third kappa shape index (κ3) is 9.11. The quantitative estimate of drug-likeness (QED) is 0.540. The van der Waals surface area contributed by atoms with Crippen molar-refractivity contribution >= 4 is 48.9 Å². The van der Waals surface area contributed by atoms with E-state index in [9.17, 15) is 0 Å². The van der Waals surface area contributed by atoms with Gasteiger partial charge in [0.2, 0.25) is 0 Å². The SMILES string of the molecule is [Ba+2].[H-].[H-].[Mn].[Nb].[Ti]. The standard InChI is InChI=1S/Ba.Mn.Nb.Ti.2H/q+2;;;;2*-1. The van der Waals surface area contributed by atoms with E-state index in [1.165, 1.54) is 0 Å². The summed E-state index contributed by atoms with van der Waals surface area (Å²) in [7, 11) is 0. The van der Waals surface area contributed by atoms with Crippen LogP contribution in [0, 0.1) is 0 Å². The second-order valence-corrected chi connectivity index (χ2v) is 0. The van der Waals surface area contributed by atoms with E-state index >= 15 is 0 Å². The summed E-state index contributed by atoms with van der Waals surface area (Å²) in [6.07, 6.45) is 0. The molecular formula is H2BaMnNbTi. The van der Waals surface area contributed by atoms with Gasteiger partial charge in [-0.15, -0.1) is 0 Å². The van der Waals surface area contributed by atoms with Crippen LogP contribution in [0.1, 0.15) is 2.85 Å². The predicted octanol–water partition coefficient (Wildman–Crippen LogP) is -0.163.